The highest BCUT2D eigenvalue weighted by Crippen LogP contribution is 2.30. The number of hydrogen-bond acceptors (Lipinski definition) is 8. The van der Waals surface area contributed by atoms with E-state index in [9.17, 15) is 19.2 Å². The molecular weight excluding hydrogens is 1360 g/mol. The number of carbonyl (C=O) groups is 4. The third-order valence-corrected chi connectivity index (χ3v) is 17.2. The standard InChI is InChI=1S/C21H34O3.C20H31IO2.C20H32O2.C15H26O.C15H24O/c1-3-4-5-6-7-8-9-10-11-12-13-14-16-19-20(24-19)17-15-18-21(22)23-2;1-2-3-4-5-6-7-8-9-10-11-12-13-15-18(21)19-16-14-17-20(22)23-19;1-2-3-4-5-6-7-8-9-10-11-12-13-14-15-16-17-18-19-20(21)22;2*1-2-3-4-5-6-7-8-9-10-11-12-13-14-15-16/h7-8,10-11,13-14,19-20H,3-6,9,12,15-18H2,1-2H3;6-7,9-10,12-13,18-19H,2-5,8,11,14-17H2,1H3;6-7,9-10,12-13,15-16H,2-5,8,11,14,17-19H2,1H3,(H,21,22);6-7,9-10,12-13,16H,2-5,8,11,14-15H2,1H3;6-7,9-10,12-13,15H,2-5,8,11,14H2,1H3/b8-7-,11-10-,14-13-;7-6-,10-9-,13-12-;7-6-,10-9-,13-12-,16-15-;2*7-6-,10-9-,13-12-. The first-order valence-electron chi connectivity index (χ1n) is 39.8. The van der Waals surface area contributed by atoms with Crippen LogP contribution in [0.15, 0.2) is 194 Å². The fraction of sp³-hybridized carbons (Fsp3) is 0.604. The minimum absolute atomic E-state index is 0.0300. The lowest BCUT2D eigenvalue weighted by molar-refractivity contribution is -0.153. The van der Waals surface area contributed by atoms with E-state index in [-0.39, 0.29) is 31.1 Å². The Labute approximate surface area is 633 Å². The minimum atomic E-state index is -0.712. The van der Waals surface area contributed by atoms with Crippen LogP contribution in [0.3, 0.4) is 0 Å². The maximum Gasteiger partial charge on any atom is 0.306 e. The monoisotopic (exact) mass is 1510 g/mol. The van der Waals surface area contributed by atoms with Crippen LogP contribution < -0.4 is 0 Å². The molecular formula is C91H147IO9. The van der Waals surface area contributed by atoms with Crippen LogP contribution in [-0.4, -0.2) is 70.4 Å². The Hall–Kier alpha value is -5.43. The van der Waals surface area contributed by atoms with Crippen LogP contribution in [0, 0.1) is 0 Å². The molecule has 0 saturated carbocycles. The summed E-state index contributed by atoms with van der Waals surface area (Å²) < 4.78 is 16.0. The van der Waals surface area contributed by atoms with Crippen molar-refractivity contribution >= 4 is 46.8 Å². The van der Waals surface area contributed by atoms with Crippen molar-refractivity contribution < 1.29 is 43.6 Å². The van der Waals surface area contributed by atoms with Crippen LogP contribution in [-0.2, 0) is 33.4 Å². The number of carbonyl (C=O) groups excluding carboxylic acids is 3. The number of aldehydes is 1. The Bertz CT molecular complexity index is 2330. The molecule has 9 nitrogen and oxygen atoms in total. The van der Waals surface area contributed by atoms with E-state index in [4.69, 9.17) is 19.7 Å². The van der Waals surface area contributed by atoms with E-state index in [1.54, 1.807) is 0 Å². The number of unbranched alkanes of at least 4 members (excludes halogenated alkanes) is 16. The SMILES string of the molecule is CCCCC/C=C\C/C=C\C/C=C\C/C=C\CCCC(=O)O.CCCCC/C=C\C/C=C\C/C=C\CC(I)C1CCCC(=O)O1.CCCCC/C=C\C/C=C\C/C=C\CC1OC1CCCC(=O)OC.CCCCC/C=C\C/C=C\C/C=C\CC=O.CCCCC/C=C\C/C=C\C/C=C\CCO. The number of methoxy groups -OCH3 is 1. The summed E-state index contributed by atoms with van der Waals surface area (Å²) in [4.78, 5) is 42.6. The molecule has 2 fully saturated rings. The molecule has 0 aromatic carbocycles. The van der Waals surface area contributed by atoms with Gasteiger partial charge in [-0.05, 0) is 193 Å². The smallest absolute Gasteiger partial charge is 0.306 e. The second kappa shape index (κ2) is 88.8. The Balaban J connectivity index is -0.00000120. The number of aliphatic hydroxyl groups is 1. The summed E-state index contributed by atoms with van der Waals surface area (Å²) in [6.07, 6.45) is 118. The van der Waals surface area contributed by atoms with E-state index in [2.05, 4.69) is 238 Å². The molecule has 101 heavy (non-hydrogen) atoms. The average molecular weight is 1510 g/mol. The van der Waals surface area contributed by atoms with Crippen LogP contribution in [0.5, 0.6) is 0 Å². The van der Waals surface area contributed by atoms with Crippen LogP contribution in [0.4, 0.5) is 0 Å². The summed E-state index contributed by atoms with van der Waals surface area (Å²) in [7, 11) is 1.43. The quantitative estimate of drug-likeness (QED) is 0.0116. The third-order valence-electron chi connectivity index (χ3n) is 15.9. The van der Waals surface area contributed by atoms with Gasteiger partial charge in [0, 0.05) is 32.3 Å². The number of hydrogen-bond donors (Lipinski definition) is 2. The van der Waals surface area contributed by atoms with Gasteiger partial charge < -0.3 is 29.2 Å². The number of ether oxygens (including phenoxy) is 3. The molecule has 2 N–H and O–H groups in total. The number of carboxylic acids is 1. The van der Waals surface area contributed by atoms with Crippen LogP contribution >= 0.6 is 22.6 Å². The molecule has 2 saturated heterocycles. The first-order valence-corrected chi connectivity index (χ1v) is 41.1. The van der Waals surface area contributed by atoms with Crippen molar-refractivity contribution in [3.8, 4) is 0 Å². The molecule has 2 rings (SSSR count). The number of esters is 2. The first-order chi connectivity index (χ1) is 49.6. The number of carboxylic acid groups (broad SMARTS) is 1. The summed E-state index contributed by atoms with van der Waals surface area (Å²) in [6.45, 7) is 11.4. The zero-order chi connectivity index (χ0) is 74.3. The Kier molecular flexibility index (Phi) is 87.7. The van der Waals surface area contributed by atoms with Crippen molar-refractivity contribution in [2.45, 2.75) is 339 Å². The molecule has 572 valence electrons. The summed E-state index contributed by atoms with van der Waals surface area (Å²) in [5.41, 5.74) is 0. The Morgan fingerprint density at radius 2 is 0.762 bits per heavy atom. The molecule has 0 bridgehead atoms. The molecule has 2 aliphatic heterocycles. The van der Waals surface area contributed by atoms with Crippen LogP contribution in [0.2, 0.25) is 0 Å². The van der Waals surface area contributed by atoms with Crippen molar-refractivity contribution in [2.24, 2.45) is 0 Å². The maximum atomic E-state index is 11.3. The predicted molar refractivity (Wildman–Crippen MR) is 447 cm³/mol. The van der Waals surface area contributed by atoms with E-state index < -0.39 is 5.97 Å². The number of alkyl halides is 1. The van der Waals surface area contributed by atoms with Gasteiger partial charge in [0.2, 0.25) is 0 Å². The normalized spacial score (nSPS) is 16.1. The minimum Gasteiger partial charge on any atom is -0.481 e. The number of epoxide rings is 1. The number of rotatable bonds is 59. The Morgan fingerprint density at radius 3 is 1.09 bits per heavy atom. The topological polar surface area (TPSA) is 140 Å². The lowest BCUT2D eigenvalue weighted by atomic mass is 10.0. The molecule has 0 amide bonds. The summed E-state index contributed by atoms with van der Waals surface area (Å²) >= 11 is 2.41. The van der Waals surface area contributed by atoms with Crippen molar-refractivity contribution in [3.05, 3.63) is 194 Å². The molecule has 10 heteroatoms. The molecule has 0 spiro atoms. The summed E-state index contributed by atoms with van der Waals surface area (Å²) in [5.74, 6) is -0.872. The highest BCUT2D eigenvalue weighted by atomic mass is 127. The first kappa shape index (κ1) is 99.7. The predicted octanol–water partition coefficient (Wildman–Crippen LogP) is 27.0. The fourth-order valence-corrected chi connectivity index (χ4v) is 10.6. The van der Waals surface area contributed by atoms with Gasteiger partial charge in [-0.25, -0.2) is 0 Å². The zero-order valence-electron chi connectivity index (χ0n) is 64.8. The number of cyclic esters (lactones) is 1. The summed E-state index contributed by atoms with van der Waals surface area (Å²) in [5, 5.41) is 17.0. The molecule has 0 aliphatic carbocycles. The van der Waals surface area contributed by atoms with Crippen molar-refractivity contribution in [1.82, 2.24) is 0 Å². The highest BCUT2D eigenvalue weighted by Gasteiger charge is 2.36. The van der Waals surface area contributed by atoms with Gasteiger partial charge in [0.1, 0.15) is 12.4 Å². The van der Waals surface area contributed by atoms with Crippen LogP contribution in [0.1, 0.15) is 317 Å². The van der Waals surface area contributed by atoms with Gasteiger partial charge in [0.05, 0.1) is 23.2 Å². The lowest BCUT2D eigenvalue weighted by Crippen LogP contribution is -2.30. The number of allylic oxidation sites excluding steroid dienone is 30. The fourth-order valence-electron chi connectivity index (χ4n) is 9.75. The van der Waals surface area contributed by atoms with E-state index in [0.29, 0.717) is 35.4 Å². The van der Waals surface area contributed by atoms with Gasteiger partial charge in [-0.15, -0.1) is 0 Å². The van der Waals surface area contributed by atoms with E-state index in [1.807, 2.05) is 18.2 Å². The number of halogens is 1. The number of aliphatic hydroxyl groups excluding tert-OH is 1. The molecule has 0 aromatic rings. The van der Waals surface area contributed by atoms with Crippen molar-refractivity contribution in [2.75, 3.05) is 13.7 Å². The average Bonchev–Trinajstić information content (AvgIpc) is 1.72. The van der Waals surface area contributed by atoms with E-state index in [0.717, 1.165) is 135 Å². The van der Waals surface area contributed by atoms with Crippen molar-refractivity contribution in [1.29, 1.82) is 0 Å². The second-order valence-corrected chi connectivity index (χ2v) is 27.0. The largest absolute Gasteiger partial charge is 0.481 e. The van der Waals surface area contributed by atoms with Gasteiger partial charge in [-0.3, -0.25) is 14.4 Å². The number of aliphatic carboxylic acids is 1. The zero-order valence-corrected chi connectivity index (χ0v) is 67.0. The lowest BCUT2D eigenvalue weighted by Gasteiger charge is -2.25. The molecule has 0 aromatic heterocycles. The molecule has 2 heterocycles. The van der Waals surface area contributed by atoms with Gasteiger partial charge in [-0.1, -0.05) is 316 Å². The molecule has 0 radical (unpaired) electrons. The summed E-state index contributed by atoms with van der Waals surface area (Å²) in [6, 6.07) is 0. The van der Waals surface area contributed by atoms with Gasteiger partial charge in [0.25, 0.3) is 0 Å². The second-order valence-electron chi connectivity index (χ2n) is 25.4. The van der Waals surface area contributed by atoms with Gasteiger partial charge >= 0.3 is 17.9 Å². The maximum absolute atomic E-state index is 11.3. The van der Waals surface area contributed by atoms with Gasteiger partial charge in [-0.2, -0.15) is 0 Å². The third kappa shape index (κ3) is 88.7. The van der Waals surface area contributed by atoms with Gasteiger partial charge in [0.15, 0.2) is 0 Å². The molecule has 4 unspecified atom stereocenters. The highest BCUT2D eigenvalue weighted by molar-refractivity contribution is 14.1. The Morgan fingerprint density at radius 1 is 0.436 bits per heavy atom. The van der Waals surface area contributed by atoms with E-state index in [1.165, 1.54) is 136 Å². The van der Waals surface area contributed by atoms with Crippen molar-refractivity contribution in [3.63, 3.8) is 0 Å². The molecule has 4 atom stereocenters. The van der Waals surface area contributed by atoms with Crippen LogP contribution in [0.25, 0.3) is 0 Å². The van der Waals surface area contributed by atoms with E-state index >= 15 is 0 Å². The molecule has 2 aliphatic rings.